The van der Waals surface area contributed by atoms with E-state index in [-0.39, 0.29) is 11.9 Å². The lowest BCUT2D eigenvalue weighted by Gasteiger charge is -2.50. The quantitative estimate of drug-likeness (QED) is 0.842. The van der Waals surface area contributed by atoms with Crippen molar-refractivity contribution in [3.63, 3.8) is 0 Å². The Kier molecular flexibility index (Phi) is 5.76. The zero-order valence-electron chi connectivity index (χ0n) is 18.1. The average Bonchev–Trinajstić information content (AvgIpc) is 3.15. The number of aryl methyl sites for hydroxylation is 2. The topological polar surface area (TPSA) is 56.3 Å². The number of rotatable bonds is 4. The van der Waals surface area contributed by atoms with Crippen molar-refractivity contribution >= 4 is 6.03 Å². The number of hydrogen-bond acceptors (Lipinski definition) is 4. The van der Waals surface area contributed by atoms with Crippen LogP contribution in [0.4, 0.5) is 4.79 Å². The minimum absolute atomic E-state index is 0.0430. The molecule has 2 atom stereocenters. The summed E-state index contributed by atoms with van der Waals surface area (Å²) in [6.45, 7) is 6.53. The number of likely N-dealkylation sites (tertiary alicyclic amines) is 2. The molecule has 4 rings (SSSR count). The molecule has 2 aliphatic heterocycles. The zero-order valence-corrected chi connectivity index (χ0v) is 18.1. The summed E-state index contributed by atoms with van der Waals surface area (Å²) in [5, 5.41) is 11.2. The van der Waals surface area contributed by atoms with E-state index in [0.29, 0.717) is 26.1 Å². The summed E-state index contributed by atoms with van der Waals surface area (Å²) in [6, 6.07) is 4.64. The largest absolute Gasteiger partial charge is 0.494 e. The first kappa shape index (κ1) is 20.5. The van der Waals surface area contributed by atoms with E-state index in [0.717, 1.165) is 38.2 Å². The monoisotopic (exact) mass is 401 g/mol. The molecule has 2 saturated heterocycles. The lowest BCUT2D eigenvalue weighted by molar-refractivity contribution is -0.108. The first-order chi connectivity index (χ1) is 13.9. The third kappa shape index (κ3) is 4.10. The first-order valence-electron chi connectivity index (χ1n) is 11.1. The number of benzene rings is 1. The molecule has 0 saturated carbocycles. The maximum atomic E-state index is 12.4. The van der Waals surface area contributed by atoms with E-state index in [9.17, 15) is 9.90 Å². The van der Waals surface area contributed by atoms with Gasteiger partial charge in [-0.25, -0.2) is 4.79 Å². The Bertz CT molecular complexity index is 766. The maximum Gasteiger partial charge on any atom is 0.319 e. The predicted molar refractivity (Wildman–Crippen MR) is 113 cm³/mol. The van der Waals surface area contributed by atoms with E-state index in [1.165, 1.54) is 29.5 Å². The third-order valence-electron chi connectivity index (χ3n) is 6.98. The number of amides is 2. The van der Waals surface area contributed by atoms with Crippen molar-refractivity contribution in [2.45, 2.75) is 51.2 Å². The van der Waals surface area contributed by atoms with Crippen LogP contribution in [0.25, 0.3) is 0 Å². The maximum absolute atomic E-state index is 12.4. The highest BCUT2D eigenvalue weighted by Gasteiger charge is 2.46. The van der Waals surface area contributed by atoms with E-state index in [2.05, 4.69) is 17.0 Å². The van der Waals surface area contributed by atoms with Crippen LogP contribution < -0.4 is 4.74 Å². The minimum Gasteiger partial charge on any atom is -0.494 e. The molecule has 0 aromatic heterocycles. The molecule has 1 N–H and O–H groups in total. The molecular formula is C23H35N3O3. The molecule has 160 valence electrons. The summed E-state index contributed by atoms with van der Waals surface area (Å²) in [5.41, 5.74) is 3.53. The summed E-state index contributed by atoms with van der Waals surface area (Å²) in [5.74, 6) is 1.11. The Morgan fingerprint density at radius 2 is 1.93 bits per heavy atom. The minimum atomic E-state index is -0.639. The summed E-state index contributed by atoms with van der Waals surface area (Å²) in [7, 11) is 3.58. The van der Waals surface area contributed by atoms with Gasteiger partial charge in [-0.3, -0.25) is 4.90 Å². The van der Waals surface area contributed by atoms with Gasteiger partial charge in [-0.15, -0.1) is 0 Å². The summed E-state index contributed by atoms with van der Waals surface area (Å²) in [6.07, 6.45) is 5.01. The molecule has 0 bridgehead atoms. The van der Waals surface area contributed by atoms with Gasteiger partial charge in [-0.05, 0) is 56.2 Å². The SMILES string of the molecule is CCOc1cc2c(cc1CN1CC[C@@]3(O)CCN(C(=O)N(C)C)C[C@H]3C1)CCC2. The number of urea groups is 1. The number of aliphatic hydroxyl groups is 1. The van der Waals surface area contributed by atoms with Gasteiger partial charge >= 0.3 is 6.03 Å². The van der Waals surface area contributed by atoms with Gasteiger partial charge in [0.1, 0.15) is 5.75 Å². The van der Waals surface area contributed by atoms with Gasteiger partial charge in [0, 0.05) is 58.3 Å². The molecule has 1 aliphatic carbocycles. The van der Waals surface area contributed by atoms with Crippen molar-refractivity contribution in [3.8, 4) is 5.75 Å². The fourth-order valence-electron chi connectivity index (χ4n) is 5.28. The molecule has 1 aromatic carbocycles. The molecule has 3 aliphatic rings. The fraction of sp³-hybridized carbons (Fsp3) is 0.696. The molecule has 6 heteroatoms. The van der Waals surface area contributed by atoms with Gasteiger partial charge in [-0.2, -0.15) is 0 Å². The Morgan fingerprint density at radius 1 is 1.21 bits per heavy atom. The Hall–Kier alpha value is -1.79. The molecular weight excluding hydrogens is 366 g/mol. The van der Waals surface area contributed by atoms with Crippen molar-refractivity contribution in [1.82, 2.24) is 14.7 Å². The van der Waals surface area contributed by atoms with Crippen molar-refractivity contribution < 1.29 is 14.6 Å². The standard InChI is InChI=1S/C23H35N3O3/c1-4-29-21-13-18-7-5-6-17(18)12-19(21)14-25-10-8-23(28)9-11-26(16-20(23)15-25)22(27)24(2)3/h12-13,20,28H,4-11,14-16H2,1-3H3/t20-,23-/m1/s1. The molecule has 1 aromatic rings. The van der Waals surface area contributed by atoms with Crippen molar-refractivity contribution in [2.75, 3.05) is 46.9 Å². The van der Waals surface area contributed by atoms with Gasteiger partial charge < -0.3 is 19.6 Å². The van der Waals surface area contributed by atoms with E-state index in [1.54, 1.807) is 19.0 Å². The number of carbonyl (C=O) groups is 1. The van der Waals surface area contributed by atoms with E-state index in [1.807, 2.05) is 11.8 Å². The highest BCUT2D eigenvalue weighted by atomic mass is 16.5. The number of nitrogens with zero attached hydrogens (tertiary/aromatic N) is 3. The van der Waals surface area contributed by atoms with E-state index in [4.69, 9.17) is 4.74 Å². The predicted octanol–water partition coefficient (Wildman–Crippen LogP) is 2.51. The van der Waals surface area contributed by atoms with Crippen LogP contribution in [0.3, 0.4) is 0 Å². The Labute approximate surface area is 174 Å². The molecule has 2 fully saturated rings. The van der Waals surface area contributed by atoms with Crippen LogP contribution in [-0.4, -0.2) is 78.3 Å². The van der Waals surface area contributed by atoms with Crippen LogP contribution in [-0.2, 0) is 19.4 Å². The van der Waals surface area contributed by atoms with Crippen LogP contribution in [0.2, 0.25) is 0 Å². The van der Waals surface area contributed by atoms with Crippen LogP contribution >= 0.6 is 0 Å². The van der Waals surface area contributed by atoms with Crippen molar-refractivity contribution in [2.24, 2.45) is 5.92 Å². The summed E-state index contributed by atoms with van der Waals surface area (Å²) >= 11 is 0. The number of ether oxygens (including phenoxy) is 1. The fourth-order valence-corrected chi connectivity index (χ4v) is 5.28. The van der Waals surface area contributed by atoms with Gasteiger partial charge in [0.05, 0.1) is 12.2 Å². The second-order valence-electron chi connectivity index (χ2n) is 9.17. The van der Waals surface area contributed by atoms with Gasteiger partial charge in [0.25, 0.3) is 0 Å². The van der Waals surface area contributed by atoms with Crippen molar-refractivity contribution in [3.05, 3.63) is 28.8 Å². The first-order valence-corrected chi connectivity index (χ1v) is 11.1. The number of fused-ring (bicyclic) bond motifs is 2. The van der Waals surface area contributed by atoms with Crippen LogP contribution in [0, 0.1) is 5.92 Å². The van der Waals surface area contributed by atoms with Crippen molar-refractivity contribution in [1.29, 1.82) is 0 Å². The molecule has 2 heterocycles. The molecule has 29 heavy (non-hydrogen) atoms. The number of hydrogen-bond donors (Lipinski definition) is 1. The Balaban J connectivity index is 1.48. The highest BCUT2D eigenvalue weighted by Crippen LogP contribution is 2.37. The van der Waals surface area contributed by atoms with Crippen LogP contribution in [0.5, 0.6) is 5.75 Å². The molecule has 0 unspecified atom stereocenters. The lowest BCUT2D eigenvalue weighted by atomic mass is 9.75. The molecule has 0 spiro atoms. The molecule has 0 radical (unpaired) electrons. The number of piperidine rings is 2. The van der Waals surface area contributed by atoms with Gasteiger partial charge in [-0.1, -0.05) is 6.07 Å². The van der Waals surface area contributed by atoms with E-state index >= 15 is 0 Å². The van der Waals surface area contributed by atoms with Crippen LogP contribution in [0.1, 0.15) is 42.9 Å². The normalized spacial score (nSPS) is 26.8. The van der Waals surface area contributed by atoms with Gasteiger partial charge in [0.2, 0.25) is 0 Å². The summed E-state index contributed by atoms with van der Waals surface area (Å²) in [4.78, 5) is 18.4. The second-order valence-corrected chi connectivity index (χ2v) is 9.17. The zero-order chi connectivity index (χ0) is 20.6. The van der Waals surface area contributed by atoms with Crippen LogP contribution in [0.15, 0.2) is 12.1 Å². The average molecular weight is 402 g/mol. The molecule has 6 nitrogen and oxygen atoms in total. The van der Waals surface area contributed by atoms with E-state index < -0.39 is 5.60 Å². The highest BCUT2D eigenvalue weighted by molar-refractivity contribution is 5.74. The third-order valence-corrected chi connectivity index (χ3v) is 6.98. The summed E-state index contributed by atoms with van der Waals surface area (Å²) < 4.78 is 5.97. The van der Waals surface area contributed by atoms with Gasteiger partial charge in [0.15, 0.2) is 0 Å². The second kappa shape index (κ2) is 8.15. The Morgan fingerprint density at radius 3 is 2.66 bits per heavy atom. The molecule has 2 amide bonds. The lowest BCUT2D eigenvalue weighted by Crippen LogP contribution is -2.61. The smallest absolute Gasteiger partial charge is 0.319 e. The number of carbonyl (C=O) groups excluding carboxylic acids is 1.